The fourth-order valence-electron chi connectivity index (χ4n) is 4.12. The first-order chi connectivity index (χ1) is 15.8. The zero-order valence-electron chi connectivity index (χ0n) is 18.9. The molecule has 3 aromatic heterocycles. The topological polar surface area (TPSA) is 101 Å². The van der Waals surface area contributed by atoms with E-state index in [4.69, 9.17) is 0 Å². The van der Waals surface area contributed by atoms with Crippen molar-refractivity contribution < 1.29 is 8.42 Å². The highest BCUT2D eigenvalue weighted by atomic mass is 79.9. The van der Waals surface area contributed by atoms with Gasteiger partial charge in [0.2, 0.25) is 10.0 Å². The van der Waals surface area contributed by atoms with Gasteiger partial charge in [-0.3, -0.25) is 4.98 Å². The number of sulfonamides is 1. The van der Waals surface area contributed by atoms with Gasteiger partial charge in [-0.05, 0) is 72.8 Å². The van der Waals surface area contributed by atoms with E-state index in [2.05, 4.69) is 41.2 Å². The Labute approximate surface area is 203 Å². The summed E-state index contributed by atoms with van der Waals surface area (Å²) in [5, 5.41) is 3.28. The van der Waals surface area contributed by atoms with E-state index in [-0.39, 0.29) is 17.0 Å². The van der Waals surface area contributed by atoms with Gasteiger partial charge in [0, 0.05) is 41.4 Å². The molecule has 2 atom stereocenters. The zero-order valence-corrected chi connectivity index (χ0v) is 21.3. The molecule has 8 nitrogen and oxygen atoms in total. The van der Waals surface area contributed by atoms with E-state index in [0.717, 1.165) is 46.1 Å². The van der Waals surface area contributed by atoms with Crippen molar-refractivity contribution in [2.24, 2.45) is 0 Å². The van der Waals surface area contributed by atoms with Gasteiger partial charge in [-0.25, -0.2) is 23.4 Å². The van der Waals surface area contributed by atoms with Gasteiger partial charge in [0.05, 0.1) is 17.8 Å². The molecule has 174 valence electrons. The van der Waals surface area contributed by atoms with Gasteiger partial charge in [0.15, 0.2) is 0 Å². The Hall–Kier alpha value is -2.43. The molecule has 10 heteroatoms. The normalized spacial score (nSPS) is 18.1. The number of piperidine rings is 1. The summed E-state index contributed by atoms with van der Waals surface area (Å²) in [6.07, 6.45) is 10.8. The molecule has 0 aliphatic carbocycles. The molecule has 1 aliphatic heterocycles. The maximum Gasteiger partial charge on any atom is 0.247 e. The number of aromatic nitrogens is 4. The minimum absolute atomic E-state index is 0.168. The summed E-state index contributed by atoms with van der Waals surface area (Å²) in [6.45, 7) is 6.19. The van der Waals surface area contributed by atoms with Gasteiger partial charge in [0.25, 0.3) is 0 Å². The van der Waals surface area contributed by atoms with Crippen LogP contribution >= 0.6 is 15.9 Å². The molecule has 0 radical (unpaired) electrons. The third kappa shape index (κ3) is 5.07. The molecule has 0 spiro atoms. The highest BCUT2D eigenvalue weighted by Gasteiger charge is 2.36. The van der Waals surface area contributed by atoms with Crippen LogP contribution in [-0.2, 0) is 10.0 Å². The lowest BCUT2D eigenvalue weighted by Crippen LogP contribution is -2.39. The fraction of sp³-hybridized carbons (Fsp3) is 0.391. The van der Waals surface area contributed by atoms with Gasteiger partial charge in [-0.2, -0.15) is 4.31 Å². The Morgan fingerprint density at radius 3 is 2.48 bits per heavy atom. The van der Waals surface area contributed by atoms with Gasteiger partial charge >= 0.3 is 0 Å². The van der Waals surface area contributed by atoms with E-state index >= 15 is 0 Å². The van der Waals surface area contributed by atoms with Crippen LogP contribution in [0, 0.1) is 13.8 Å². The smallest absolute Gasteiger partial charge is 0.247 e. The van der Waals surface area contributed by atoms with E-state index in [0.29, 0.717) is 12.4 Å². The fourth-order valence-corrected chi connectivity index (χ4v) is 6.80. The van der Waals surface area contributed by atoms with Crippen LogP contribution in [0.3, 0.4) is 0 Å². The molecule has 1 N–H and O–H groups in total. The molecule has 1 saturated heterocycles. The van der Waals surface area contributed by atoms with Crippen LogP contribution in [-0.4, -0.2) is 39.2 Å². The van der Waals surface area contributed by atoms with Gasteiger partial charge in [-0.15, -0.1) is 0 Å². The third-order valence-corrected chi connectivity index (χ3v) is 8.32. The first-order valence-electron chi connectivity index (χ1n) is 10.9. The van der Waals surface area contributed by atoms with Crippen LogP contribution in [0.5, 0.6) is 0 Å². The minimum Gasteiger partial charge on any atom is -0.361 e. The lowest BCUT2D eigenvalue weighted by molar-refractivity contribution is 0.255. The van der Waals surface area contributed by atoms with Crippen molar-refractivity contribution >= 4 is 31.8 Å². The summed E-state index contributed by atoms with van der Waals surface area (Å²) >= 11 is 3.57. The Bertz CT molecular complexity index is 1240. The molecule has 0 saturated carbocycles. The molecular formula is C23H27BrN6O2S. The van der Waals surface area contributed by atoms with E-state index < -0.39 is 10.0 Å². The van der Waals surface area contributed by atoms with Gasteiger partial charge < -0.3 is 5.32 Å². The third-order valence-electron chi connectivity index (χ3n) is 5.76. The Kier molecular flexibility index (Phi) is 7.06. The van der Waals surface area contributed by atoms with E-state index in [1.807, 2.05) is 26.8 Å². The van der Waals surface area contributed by atoms with Gasteiger partial charge in [-0.1, -0.05) is 6.42 Å². The molecule has 0 amide bonds. The second-order valence-electron chi connectivity index (χ2n) is 8.40. The molecule has 4 heterocycles. The predicted octanol–water partition coefficient (Wildman–Crippen LogP) is 4.73. The van der Waals surface area contributed by atoms with Crippen LogP contribution in [0.25, 0.3) is 0 Å². The van der Waals surface area contributed by atoms with Crippen molar-refractivity contribution in [3.63, 3.8) is 0 Å². The van der Waals surface area contributed by atoms with Crippen molar-refractivity contribution in [3.05, 3.63) is 70.1 Å². The van der Waals surface area contributed by atoms with Crippen LogP contribution in [0.1, 0.15) is 60.7 Å². The van der Waals surface area contributed by atoms with Crippen molar-refractivity contribution in [2.75, 3.05) is 11.9 Å². The first kappa shape index (κ1) is 23.7. The summed E-state index contributed by atoms with van der Waals surface area (Å²) < 4.78 is 30.3. The summed E-state index contributed by atoms with van der Waals surface area (Å²) in [5.41, 5.74) is 3.40. The lowest BCUT2D eigenvalue weighted by atomic mass is 10.00. The van der Waals surface area contributed by atoms with E-state index in [9.17, 15) is 8.42 Å². The van der Waals surface area contributed by atoms with E-state index in [1.54, 1.807) is 35.2 Å². The van der Waals surface area contributed by atoms with Crippen LogP contribution in [0.2, 0.25) is 0 Å². The highest BCUT2D eigenvalue weighted by Crippen LogP contribution is 2.37. The quantitative estimate of drug-likeness (QED) is 0.491. The molecule has 3 aromatic rings. The van der Waals surface area contributed by atoms with Crippen molar-refractivity contribution in [3.8, 4) is 0 Å². The minimum atomic E-state index is -3.84. The second-order valence-corrected chi connectivity index (χ2v) is 11.1. The number of halogens is 1. The van der Waals surface area contributed by atoms with Crippen LogP contribution in [0.4, 0.5) is 5.82 Å². The molecule has 1 fully saturated rings. The largest absolute Gasteiger partial charge is 0.361 e. The van der Waals surface area contributed by atoms with Crippen LogP contribution in [0.15, 0.2) is 52.6 Å². The number of anilines is 1. The Balaban J connectivity index is 1.71. The molecule has 4 rings (SSSR count). The average molecular weight is 531 g/mol. The summed E-state index contributed by atoms with van der Waals surface area (Å²) in [7, 11) is -3.84. The first-order valence-corrected chi connectivity index (χ1v) is 13.1. The second kappa shape index (κ2) is 9.82. The lowest BCUT2D eigenvalue weighted by Gasteiger charge is -2.35. The number of hydrogen-bond acceptors (Lipinski definition) is 7. The average Bonchev–Trinajstić information content (AvgIpc) is 2.80. The van der Waals surface area contributed by atoms with Gasteiger partial charge in [0.1, 0.15) is 17.0 Å². The standard InChI is InChI=1S/C23H27BrN6O2S/c1-15-8-19(24)22(27-10-15)17(3)29-23-21(9-16(2)11-28-23)33(31,32)30-7-5-4-6-20(30)18-12-25-14-26-13-18/h8-14,17,20H,4-7H2,1-3H3,(H,28,29). The number of nitrogens with one attached hydrogen (secondary N) is 1. The zero-order chi connectivity index (χ0) is 23.6. The summed E-state index contributed by atoms with van der Waals surface area (Å²) in [4.78, 5) is 17.3. The number of nitrogens with zero attached hydrogens (tertiary/aromatic N) is 5. The van der Waals surface area contributed by atoms with Crippen molar-refractivity contribution in [1.82, 2.24) is 24.2 Å². The summed E-state index contributed by atoms with van der Waals surface area (Å²) in [6, 6.07) is 3.11. The molecule has 0 aromatic carbocycles. The Morgan fingerprint density at radius 2 is 1.76 bits per heavy atom. The summed E-state index contributed by atoms with van der Waals surface area (Å²) in [5.74, 6) is 0.316. The number of rotatable bonds is 6. The van der Waals surface area contributed by atoms with Crippen molar-refractivity contribution in [2.45, 2.75) is 57.0 Å². The van der Waals surface area contributed by atoms with Crippen LogP contribution < -0.4 is 5.32 Å². The maximum atomic E-state index is 14.0. The number of pyridine rings is 2. The molecular weight excluding hydrogens is 504 g/mol. The molecule has 2 unspecified atom stereocenters. The Morgan fingerprint density at radius 1 is 1.06 bits per heavy atom. The van der Waals surface area contributed by atoms with Crippen molar-refractivity contribution in [1.29, 1.82) is 0 Å². The molecule has 33 heavy (non-hydrogen) atoms. The SMILES string of the molecule is Cc1cnc(C(C)Nc2ncc(C)cc2S(=O)(=O)N2CCCCC2c2cncnc2)c(Br)c1. The molecule has 0 bridgehead atoms. The molecule has 1 aliphatic rings. The predicted molar refractivity (Wildman–Crippen MR) is 130 cm³/mol. The monoisotopic (exact) mass is 530 g/mol. The van der Waals surface area contributed by atoms with E-state index in [1.165, 1.54) is 6.33 Å². The number of aryl methyl sites for hydroxylation is 2. The maximum absolute atomic E-state index is 14.0. The number of hydrogen-bond donors (Lipinski definition) is 1. The highest BCUT2D eigenvalue weighted by molar-refractivity contribution is 9.10.